The number of ether oxygens (including phenoxy) is 1. The highest BCUT2D eigenvalue weighted by molar-refractivity contribution is 7.11. The fourth-order valence-electron chi connectivity index (χ4n) is 3.37. The van der Waals surface area contributed by atoms with Crippen LogP contribution in [0.5, 0.6) is 5.75 Å². The molecule has 3 aromatic rings. The van der Waals surface area contributed by atoms with Crippen molar-refractivity contribution in [1.82, 2.24) is 4.90 Å². The van der Waals surface area contributed by atoms with Gasteiger partial charge in [-0.2, -0.15) is 0 Å². The van der Waals surface area contributed by atoms with Gasteiger partial charge in [-0.3, -0.25) is 0 Å². The van der Waals surface area contributed by atoms with E-state index in [2.05, 4.69) is 72.3 Å². The maximum atomic E-state index is 6.06. The third-order valence-corrected chi connectivity index (χ3v) is 5.83. The van der Waals surface area contributed by atoms with E-state index in [9.17, 15) is 0 Å². The zero-order valence-corrected chi connectivity index (χ0v) is 15.7. The summed E-state index contributed by atoms with van der Waals surface area (Å²) in [4.78, 5) is 7.48. The van der Waals surface area contributed by atoms with Crippen molar-refractivity contribution >= 4 is 27.8 Å². The van der Waals surface area contributed by atoms with Crippen LogP contribution in [0.4, 0.5) is 5.69 Å². The average Bonchev–Trinajstić information content (AvgIpc) is 3.05. The highest BCUT2D eigenvalue weighted by Crippen LogP contribution is 2.31. The first-order chi connectivity index (χ1) is 12.2. The molecular weight excluding hydrogens is 328 g/mol. The van der Waals surface area contributed by atoms with Gasteiger partial charge in [0.1, 0.15) is 12.4 Å². The number of aryl methyl sites for hydroxylation is 1. The Bertz CT molecular complexity index is 865. The van der Waals surface area contributed by atoms with Gasteiger partial charge in [-0.25, -0.2) is 0 Å². The van der Waals surface area contributed by atoms with Crippen LogP contribution in [0.1, 0.15) is 9.75 Å². The molecule has 0 bridgehead atoms. The lowest BCUT2D eigenvalue weighted by Crippen LogP contribution is -2.44. The molecule has 0 amide bonds. The molecule has 4 rings (SSSR count). The third kappa shape index (κ3) is 3.65. The van der Waals surface area contributed by atoms with Gasteiger partial charge in [-0.05, 0) is 49.7 Å². The topological polar surface area (TPSA) is 15.7 Å². The molecule has 25 heavy (non-hydrogen) atoms. The molecule has 0 spiro atoms. The van der Waals surface area contributed by atoms with E-state index in [1.165, 1.54) is 26.2 Å². The van der Waals surface area contributed by atoms with Crippen LogP contribution in [0.2, 0.25) is 0 Å². The van der Waals surface area contributed by atoms with Gasteiger partial charge in [-0.15, -0.1) is 11.3 Å². The van der Waals surface area contributed by atoms with Gasteiger partial charge in [-0.1, -0.05) is 18.2 Å². The molecule has 0 saturated carbocycles. The third-order valence-electron chi connectivity index (χ3n) is 4.85. The van der Waals surface area contributed by atoms with Crippen molar-refractivity contribution in [3.05, 3.63) is 58.3 Å². The van der Waals surface area contributed by atoms with E-state index in [4.69, 9.17) is 4.74 Å². The van der Waals surface area contributed by atoms with E-state index >= 15 is 0 Å². The van der Waals surface area contributed by atoms with Gasteiger partial charge in [0, 0.05) is 47.0 Å². The van der Waals surface area contributed by atoms with Gasteiger partial charge in [0.15, 0.2) is 0 Å². The minimum atomic E-state index is 0.640. The van der Waals surface area contributed by atoms with Crippen LogP contribution >= 0.6 is 11.3 Å². The summed E-state index contributed by atoms with van der Waals surface area (Å²) < 4.78 is 6.06. The number of likely N-dealkylation sites (N-methyl/N-ethyl adjacent to an activating group) is 1. The summed E-state index contributed by atoms with van der Waals surface area (Å²) in [6.45, 7) is 7.16. The van der Waals surface area contributed by atoms with Crippen LogP contribution < -0.4 is 9.64 Å². The zero-order valence-electron chi connectivity index (χ0n) is 14.9. The number of nitrogens with zero attached hydrogens (tertiary/aromatic N) is 2. The van der Waals surface area contributed by atoms with Crippen molar-refractivity contribution in [2.75, 3.05) is 38.1 Å². The number of piperazine rings is 1. The van der Waals surface area contributed by atoms with Crippen LogP contribution in [0, 0.1) is 6.92 Å². The maximum absolute atomic E-state index is 6.06. The molecule has 1 fully saturated rings. The Morgan fingerprint density at radius 1 is 1.00 bits per heavy atom. The second-order valence-corrected chi connectivity index (χ2v) is 8.12. The van der Waals surface area contributed by atoms with Gasteiger partial charge < -0.3 is 14.5 Å². The summed E-state index contributed by atoms with van der Waals surface area (Å²) in [5.41, 5.74) is 1.32. The molecule has 0 aliphatic carbocycles. The number of fused-ring (bicyclic) bond motifs is 1. The lowest BCUT2D eigenvalue weighted by Gasteiger charge is -2.34. The van der Waals surface area contributed by atoms with E-state index in [-0.39, 0.29) is 0 Å². The second-order valence-electron chi connectivity index (χ2n) is 6.75. The predicted molar refractivity (Wildman–Crippen MR) is 107 cm³/mol. The quantitative estimate of drug-likeness (QED) is 0.685. The van der Waals surface area contributed by atoms with Gasteiger partial charge >= 0.3 is 0 Å². The molecule has 2 heterocycles. The summed E-state index contributed by atoms with van der Waals surface area (Å²) in [6, 6.07) is 17.3. The summed E-state index contributed by atoms with van der Waals surface area (Å²) in [5, 5.41) is 2.56. The Balaban J connectivity index is 1.59. The molecule has 1 saturated heterocycles. The summed E-state index contributed by atoms with van der Waals surface area (Å²) in [6.07, 6.45) is 0. The van der Waals surface area contributed by atoms with Crippen LogP contribution in [-0.2, 0) is 6.61 Å². The number of hydrogen-bond acceptors (Lipinski definition) is 4. The minimum Gasteiger partial charge on any atom is -0.488 e. The molecule has 0 unspecified atom stereocenters. The van der Waals surface area contributed by atoms with Crippen LogP contribution in [-0.4, -0.2) is 38.1 Å². The number of thiophene rings is 1. The Hall–Kier alpha value is -2.04. The molecule has 1 aromatic heterocycles. The highest BCUT2D eigenvalue weighted by Gasteiger charge is 2.16. The zero-order chi connectivity index (χ0) is 17.2. The molecule has 4 heteroatoms. The number of anilines is 1. The number of benzene rings is 2. The first-order valence-electron chi connectivity index (χ1n) is 8.83. The molecule has 2 aromatic carbocycles. The van der Waals surface area contributed by atoms with Gasteiger partial charge in [0.05, 0.1) is 0 Å². The van der Waals surface area contributed by atoms with E-state index in [1.807, 2.05) is 0 Å². The van der Waals surface area contributed by atoms with Crippen molar-refractivity contribution in [3.8, 4) is 5.75 Å². The van der Waals surface area contributed by atoms with Crippen molar-refractivity contribution in [3.63, 3.8) is 0 Å². The van der Waals surface area contributed by atoms with Crippen molar-refractivity contribution in [2.24, 2.45) is 0 Å². The summed E-state index contributed by atoms with van der Waals surface area (Å²) >= 11 is 1.80. The monoisotopic (exact) mass is 352 g/mol. The molecule has 130 valence electrons. The molecule has 3 nitrogen and oxygen atoms in total. The maximum Gasteiger partial charge on any atom is 0.122 e. The van der Waals surface area contributed by atoms with Crippen LogP contribution in [0.15, 0.2) is 48.5 Å². The number of rotatable bonds is 4. The summed E-state index contributed by atoms with van der Waals surface area (Å²) in [7, 11) is 2.19. The van der Waals surface area contributed by atoms with E-state index in [0.717, 1.165) is 31.9 Å². The normalized spacial score (nSPS) is 15.7. The van der Waals surface area contributed by atoms with E-state index in [0.29, 0.717) is 6.61 Å². The smallest absolute Gasteiger partial charge is 0.122 e. The molecular formula is C21H24N2OS. The molecule has 1 aliphatic rings. The highest BCUT2D eigenvalue weighted by atomic mass is 32.1. The lowest BCUT2D eigenvalue weighted by molar-refractivity contribution is 0.310. The van der Waals surface area contributed by atoms with Gasteiger partial charge in [0.2, 0.25) is 0 Å². The van der Waals surface area contributed by atoms with Crippen molar-refractivity contribution in [1.29, 1.82) is 0 Å². The molecule has 1 aliphatic heterocycles. The Morgan fingerprint density at radius 2 is 1.84 bits per heavy atom. The van der Waals surface area contributed by atoms with Gasteiger partial charge in [0.25, 0.3) is 0 Å². The van der Waals surface area contributed by atoms with Crippen molar-refractivity contribution < 1.29 is 4.74 Å². The lowest BCUT2D eigenvalue weighted by atomic mass is 10.1. The Kier molecular flexibility index (Phi) is 4.64. The number of hydrogen-bond donors (Lipinski definition) is 0. The SMILES string of the molecule is Cc1ccc(COc2ccc3cccc(N4CCN(C)CC4)c3c2)s1. The fraction of sp³-hybridized carbons (Fsp3) is 0.333. The van der Waals surface area contributed by atoms with Crippen molar-refractivity contribution in [2.45, 2.75) is 13.5 Å². The van der Waals surface area contributed by atoms with Crippen LogP contribution in [0.3, 0.4) is 0 Å². The average molecular weight is 353 g/mol. The molecule has 0 N–H and O–H groups in total. The second kappa shape index (κ2) is 7.06. The first-order valence-corrected chi connectivity index (χ1v) is 9.65. The fourth-order valence-corrected chi connectivity index (χ4v) is 4.17. The largest absolute Gasteiger partial charge is 0.488 e. The molecule has 0 atom stereocenters. The van der Waals surface area contributed by atoms with E-state index in [1.54, 1.807) is 11.3 Å². The minimum absolute atomic E-state index is 0.640. The van der Waals surface area contributed by atoms with E-state index < -0.39 is 0 Å². The van der Waals surface area contributed by atoms with Crippen LogP contribution in [0.25, 0.3) is 10.8 Å². The predicted octanol–water partition coefficient (Wildman–Crippen LogP) is 4.54. The Labute approximate surface area is 153 Å². The standard InChI is InChI=1S/C21H24N2OS/c1-16-6-9-19(25-16)15-24-18-8-7-17-4-3-5-21(20(17)14-18)23-12-10-22(2)11-13-23/h3-9,14H,10-13,15H2,1-2H3. The Morgan fingerprint density at radius 3 is 2.60 bits per heavy atom. The molecule has 0 radical (unpaired) electrons. The summed E-state index contributed by atoms with van der Waals surface area (Å²) in [5.74, 6) is 0.945. The first kappa shape index (κ1) is 16.4.